The summed E-state index contributed by atoms with van der Waals surface area (Å²) in [5.41, 5.74) is 3.54. The van der Waals surface area contributed by atoms with Gasteiger partial charge in [0, 0.05) is 33.2 Å². The van der Waals surface area contributed by atoms with E-state index in [2.05, 4.69) is 56.0 Å². The SMILES string of the molecule is CN=C(NCc1ccccc1COCc1ccccc1)NC1CCc2nc(COC)nn2C1. The van der Waals surface area contributed by atoms with Crippen molar-refractivity contribution >= 4 is 5.96 Å². The number of methoxy groups -OCH3 is 1. The summed E-state index contributed by atoms with van der Waals surface area (Å²) in [6, 6.07) is 18.8. The predicted molar refractivity (Wildman–Crippen MR) is 128 cm³/mol. The third-order valence-corrected chi connectivity index (χ3v) is 5.67. The Morgan fingerprint density at radius 3 is 2.64 bits per heavy atom. The fourth-order valence-electron chi connectivity index (χ4n) is 3.96. The van der Waals surface area contributed by atoms with E-state index < -0.39 is 0 Å². The number of aromatic nitrogens is 3. The lowest BCUT2D eigenvalue weighted by Crippen LogP contribution is -2.46. The molecule has 8 heteroatoms. The largest absolute Gasteiger partial charge is 0.377 e. The van der Waals surface area contributed by atoms with Crippen LogP contribution in [0.4, 0.5) is 0 Å². The molecule has 2 aromatic carbocycles. The quantitative estimate of drug-likeness (QED) is 0.387. The minimum atomic E-state index is 0.241. The highest BCUT2D eigenvalue weighted by Gasteiger charge is 2.22. The van der Waals surface area contributed by atoms with E-state index in [1.165, 1.54) is 16.7 Å². The molecule has 1 aromatic heterocycles. The second-order valence-electron chi connectivity index (χ2n) is 8.11. The smallest absolute Gasteiger partial charge is 0.191 e. The van der Waals surface area contributed by atoms with Crippen molar-refractivity contribution in [3.8, 4) is 0 Å². The van der Waals surface area contributed by atoms with Crippen LogP contribution in [0.25, 0.3) is 0 Å². The number of nitrogens with zero attached hydrogens (tertiary/aromatic N) is 4. The number of hydrogen-bond donors (Lipinski definition) is 2. The lowest BCUT2D eigenvalue weighted by molar-refractivity contribution is 0.106. The molecule has 0 fully saturated rings. The Labute approximate surface area is 195 Å². The second kappa shape index (κ2) is 11.6. The molecule has 0 bridgehead atoms. The summed E-state index contributed by atoms with van der Waals surface area (Å²) in [5.74, 6) is 2.54. The van der Waals surface area contributed by atoms with E-state index in [1.807, 2.05) is 28.9 Å². The number of aryl methyl sites for hydroxylation is 1. The van der Waals surface area contributed by atoms with Crippen molar-refractivity contribution in [2.75, 3.05) is 14.2 Å². The number of benzene rings is 2. The molecule has 1 aliphatic rings. The van der Waals surface area contributed by atoms with Crippen LogP contribution in [-0.4, -0.2) is 40.9 Å². The maximum Gasteiger partial charge on any atom is 0.191 e. The maximum absolute atomic E-state index is 5.96. The zero-order valence-electron chi connectivity index (χ0n) is 19.3. The number of hydrogen-bond acceptors (Lipinski definition) is 5. The number of fused-ring (bicyclic) bond motifs is 1. The summed E-state index contributed by atoms with van der Waals surface area (Å²) >= 11 is 0. The van der Waals surface area contributed by atoms with Crippen LogP contribution in [0.2, 0.25) is 0 Å². The minimum absolute atomic E-state index is 0.241. The van der Waals surface area contributed by atoms with Gasteiger partial charge in [-0.2, -0.15) is 5.10 Å². The molecule has 0 saturated heterocycles. The molecule has 1 unspecified atom stereocenters. The fraction of sp³-hybridized carbons (Fsp3) is 0.400. The van der Waals surface area contributed by atoms with Crippen LogP contribution >= 0.6 is 0 Å². The van der Waals surface area contributed by atoms with Gasteiger partial charge in [0.05, 0.1) is 19.8 Å². The fourth-order valence-corrected chi connectivity index (χ4v) is 3.96. The molecule has 2 N–H and O–H groups in total. The van der Waals surface area contributed by atoms with Gasteiger partial charge in [0.25, 0.3) is 0 Å². The molecule has 0 radical (unpaired) electrons. The van der Waals surface area contributed by atoms with Gasteiger partial charge in [-0.05, 0) is 23.1 Å². The second-order valence-corrected chi connectivity index (χ2v) is 8.11. The zero-order valence-corrected chi connectivity index (χ0v) is 19.3. The summed E-state index contributed by atoms with van der Waals surface area (Å²) in [7, 11) is 3.46. The molecule has 8 nitrogen and oxygen atoms in total. The van der Waals surface area contributed by atoms with Crippen LogP contribution in [0.1, 0.15) is 34.8 Å². The van der Waals surface area contributed by atoms with Crippen molar-refractivity contribution in [1.29, 1.82) is 0 Å². The summed E-state index contributed by atoms with van der Waals surface area (Å²) in [4.78, 5) is 8.96. The Kier molecular flexibility index (Phi) is 8.05. The van der Waals surface area contributed by atoms with Crippen LogP contribution in [0.5, 0.6) is 0 Å². The molecule has 33 heavy (non-hydrogen) atoms. The Bertz CT molecular complexity index is 1050. The van der Waals surface area contributed by atoms with E-state index in [-0.39, 0.29) is 6.04 Å². The van der Waals surface area contributed by atoms with Crippen LogP contribution in [-0.2, 0) is 48.8 Å². The highest BCUT2D eigenvalue weighted by Crippen LogP contribution is 2.14. The molecule has 174 valence electrons. The van der Waals surface area contributed by atoms with E-state index in [0.717, 1.165) is 37.0 Å². The van der Waals surface area contributed by atoms with E-state index >= 15 is 0 Å². The highest BCUT2D eigenvalue weighted by molar-refractivity contribution is 5.80. The number of rotatable bonds is 9. The molecule has 2 heterocycles. The maximum atomic E-state index is 5.96. The molecule has 0 spiro atoms. The summed E-state index contributed by atoms with van der Waals surface area (Å²) in [6.07, 6.45) is 1.86. The lowest BCUT2D eigenvalue weighted by atomic mass is 10.1. The molecule has 4 rings (SSSR count). The monoisotopic (exact) mass is 448 g/mol. The van der Waals surface area contributed by atoms with Crippen molar-refractivity contribution in [1.82, 2.24) is 25.4 Å². The molecule has 0 amide bonds. The third kappa shape index (κ3) is 6.40. The summed E-state index contributed by atoms with van der Waals surface area (Å²) in [5, 5.41) is 11.5. The van der Waals surface area contributed by atoms with Crippen molar-refractivity contribution in [2.24, 2.45) is 4.99 Å². The van der Waals surface area contributed by atoms with Gasteiger partial charge < -0.3 is 20.1 Å². The van der Waals surface area contributed by atoms with Gasteiger partial charge >= 0.3 is 0 Å². The number of aliphatic imine (C=N–C) groups is 1. The molecule has 1 atom stereocenters. The van der Waals surface area contributed by atoms with E-state index in [0.29, 0.717) is 26.4 Å². The molecular formula is C25H32N6O2. The van der Waals surface area contributed by atoms with Crippen molar-refractivity contribution in [2.45, 2.75) is 51.8 Å². The van der Waals surface area contributed by atoms with E-state index in [4.69, 9.17) is 9.47 Å². The molecule has 3 aromatic rings. The zero-order chi connectivity index (χ0) is 22.9. The Hall–Kier alpha value is -3.23. The number of nitrogens with one attached hydrogen (secondary N) is 2. The topological polar surface area (TPSA) is 85.6 Å². The first kappa shape index (κ1) is 22.9. The Morgan fingerprint density at radius 2 is 1.85 bits per heavy atom. The summed E-state index contributed by atoms with van der Waals surface area (Å²) < 4.78 is 13.1. The van der Waals surface area contributed by atoms with Gasteiger partial charge in [0.1, 0.15) is 12.4 Å². The standard InChI is InChI=1S/C25H32N6O2/c1-26-25(28-22-12-13-24-29-23(18-32-2)30-31(24)15-22)27-14-20-10-6-7-11-21(20)17-33-16-19-8-4-3-5-9-19/h3-11,22H,12-18H2,1-2H3,(H2,26,27,28). The van der Waals surface area contributed by atoms with Crippen LogP contribution < -0.4 is 10.6 Å². The van der Waals surface area contributed by atoms with E-state index in [9.17, 15) is 0 Å². The van der Waals surface area contributed by atoms with Crippen LogP contribution in [0.15, 0.2) is 59.6 Å². The third-order valence-electron chi connectivity index (χ3n) is 5.67. The first-order valence-corrected chi connectivity index (χ1v) is 11.3. The molecule has 0 aliphatic carbocycles. The van der Waals surface area contributed by atoms with Crippen LogP contribution in [0.3, 0.4) is 0 Å². The van der Waals surface area contributed by atoms with Crippen molar-refractivity contribution in [3.05, 3.63) is 82.9 Å². The average Bonchev–Trinajstić information content (AvgIpc) is 3.25. The predicted octanol–water partition coefficient (Wildman–Crippen LogP) is 2.82. The molecular weight excluding hydrogens is 416 g/mol. The first-order chi connectivity index (χ1) is 16.2. The first-order valence-electron chi connectivity index (χ1n) is 11.3. The molecule has 0 saturated carbocycles. The summed E-state index contributed by atoms with van der Waals surface area (Å²) in [6.45, 7) is 3.04. The van der Waals surface area contributed by atoms with Gasteiger partial charge in [-0.25, -0.2) is 9.67 Å². The minimum Gasteiger partial charge on any atom is -0.377 e. The molecule has 1 aliphatic heterocycles. The van der Waals surface area contributed by atoms with Crippen LogP contribution in [0, 0.1) is 0 Å². The van der Waals surface area contributed by atoms with Gasteiger partial charge in [0.15, 0.2) is 11.8 Å². The van der Waals surface area contributed by atoms with E-state index in [1.54, 1.807) is 14.2 Å². The van der Waals surface area contributed by atoms with Crippen molar-refractivity contribution in [3.63, 3.8) is 0 Å². The Balaban J connectivity index is 1.29. The lowest BCUT2D eigenvalue weighted by Gasteiger charge is -2.25. The average molecular weight is 449 g/mol. The number of ether oxygens (including phenoxy) is 2. The van der Waals surface area contributed by atoms with Gasteiger partial charge in [-0.1, -0.05) is 54.6 Å². The Morgan fingerprint density at radius 1 is 1.06 bits per heavy atom. The normalized spacial score (nSPS) is 15.8. The number of guanidine groups is 1. The van der Waals surface area contributed by atoms with Gasteiger partial charge in [-0.3, -0.25) is 4.99 Å². The highest BCUT2D eigenvalue weighted by atomic mass is 16.5. The van der Waals surface area contributed by atoms with Crippen molar-refractivity contribution < 1.29 is 9.47 Å². The van der Waals surface area contributed by atoms with Gasteiger partial charge in [-0.15, -0.1) is 0 Å². The van der Waals surface area contributed by atoms with Gasteiger partial charge in [0.2, 0.25) is 0 Å².